The number of nitrogens with zero attached hydrogens (tertiary/aromatic N) is 2. The van der Waals surface area contributed by atoms with Crippen LogP contribution in [0.4, 0.5) is 11.4 Å². The lowest BCUT2D eigenvalue weighted by molar-refractivity contribution is 0.102. The van der Waals surface area contributed by atoms with E-state index in [9.17, 15) is 4.79 Å². The molecule has 0 saturated heterocycles. The van der Waals surface area contributed by atoms with E-state index in [1.54, 1.807) is 48.5 Å². The number of para-hydroxylation sites is 1. The average molecular weight is 288 g/mol. The first-order valence-electron chi connectivity index (χ1n) is 6.46. The molecule has 0 saturated carbocycles. The monoisotopic (exact) mass is 288 g/mol. The number of rotatable bonds is 4. The summed E-state index contributed by atoms with van der Waals surface area (Å²) in [4.78, 5) is 12.2. The fraction of sp³-hybridized carbons (Fsp3) is 0. The number of hydrogen-bond acceptors (Lipinski definition) is 4. The maximum atomic E-state index is 12.2. The predicted molar refractivity (Wildman–Crippen MR) is 83.8 cm³/mol. The molecular formula is C17H12N4O. The standard InChI is InChI=1S/C17H12N4O/c18-10-13(11-19)12-20-16-8-4-5-14(9-16)17(22)21-15-6-2-1-3-7-15/h1-9,12,20H,(H,21,22). The van der Waals surface area contributed by atoms with E-state index in [-0.39, 0.29) is 11.5 Å². The Morgan fingerprint density at radius 1 is 0.955 bits per heavy atom. The number of nitriles is 2. The highest BCUT2D eigenvalue weighted by Crippen LogP contribution is 2.13. The summed E-state index contributed by atoms with van der Waals surface area (Å²) in [7, 11) is 0. The van der Waals surface area contributed by atoms with Gasteiger partial charge in [-0.1, -0.05) is 24.3 Å². The molecule has 2 rings (SSSR count). The highest BCUT2D eigenvalue weighted by Gasteiger charge is 2.06. The summed E-state index contributed by atoms with van der Waals surface area (Å²) in [5.41, 5.74) is 1.75. The van der Waals surface area contributed by atoms with Gasteiger partial charge in [0.1, 0.15) is 17.7 Å². The first kappa shape index (κ1) is 14.8. The number of anilines is 2. The van der Waals surface area contributed by atoms with Crippen LogP contribution in [-0.4, -0.2) is 5.91 Å². The largest absolute Gasteiger partial charge is 0.360 e. The SMILES string of the molecule is N#CC(C#N)=CNc1cccc(C(=O)Nc2ccccc2)c1. The number of hydrogen-bond donors (Lipinski definition) is 2. The molecule has 0 aliphatic carbocycles. The second-order valence-corrected chi connectivity index (χ2v) is 4.33. The van der Waals surface area contributed by atoms with Gasteiger partial charge in [0.05, 0.1) is 0 Å². The Bertz CT molecular complexity index is 766. The molecule has 0 bridgehead atoms. The van der Waals surface area contributed by atoms with Crippen LogP contribution in [0.1, 0.15) is 10.4 Å². The minimum Gasteiger partial charge on any atom is -0.360 e. The molecule has 22 heavy (non-hydrogen) atoms. The maximum absolute atomic E-state index is 12.2. The quantitative estimate of drug-likeness (QED) is 0.845. The normalized spacial score (nSPS) is 9.00. The van der Waals surface area contributed by atoms with Crippen molar-refractivity contribution in [1.82, 2.24) is 0 Å². The third-order valence-electron chi connectivity index (χ3n) is 2.78. The van der Waals surface area contributed by atoms with Crippen molar-refractivity contribution in [1.29, 1.82) is 10.5 Å². The smallest absolute Gasteiger partial charge is 0.255 e. The van der Waals surface area contributed by atoms with E-state index in [0.717, 1.165) is 0 Å². The van der Waals surface area contributed by atoms with Gasteiger partial charge >= 0.3 is 0 Å². The summed E-state index contributed by atoms with van der Waals surface area (Å²) in [6.45, 7) is 0. The van der Waals surface area contributed by atoms with Crippen LogP contribution in [0.5, 0.6) is 0 Å². The molecule has 0 unspecified atom stereocenters. The second kappa shape index (κ2) is 7.28. The van der Waals surface area contributed by atoms with Gasteiger partial charge in [-0.25, -0.2) is 0 Å². The van der Waals surface area contributed by atoms with Crippen LogP contribution in [0.25, 0.3) is 0 Å². The van der Waals surface area contributed by atoms with Gasteiger partial charge < -0.3 is 10.6 Å². The van der Waals surface area contributed by atoms with Crippen molar-refractivity contribution in [3.63, 3.8) is 0 Å². The molecule has 0 aromatic heterocycles. The van der Waals surface area contributed by atoms with Gasteiger partial charge in [-0.2, -0.15) is 10.5 Å². The highest BCUT2D eigenvalue weighted by molar-refractivity contribution is 6.04. The lowest BCUT2D eigenvalue weighted by atomic mass is 10.2. The van der Waals surface area contributed by atoms with Gasteiger partial charge in [0.15, 0.2) is 0 Å². The lowest BCUT2D eigenvalue weighted by Gasteiger charge is -2.07. The fourth-order valence-corrected chi connectivity index (χ4v) is 1.72. The Morgan fingerprint density at radius 3 is 2.32 bits per heavy atom. The van der Waals surface area contributed by atoms with Gasteiger partial charge in [-0.05, 0) is 30.3 Å². The van der Waals surface area contributed by atoms with Gasteiger partial charge in [0, 0.05) is 23.1 Å². The summed E-state index contributed by atoms with van der Waals surface area (Å²) >= 11 is 0. The highest BCUT2D eigenvalue weighted by atomic mass is 16.1. The molecule has 1 amide bonds. The van der Waals surface area contributed by atoms with Crippen molar-refractivity contribution in [3.8, 4) is 12.1 Å². The Balaban J connectivity index is 2.12. The van der Waals surface area contributed by atoms with Gasteiger partial charge in [0.25, 0.3) is 5.91 Å². The molecule has 0 fully saturated rings. The summed E-state index contributed by atoms with van der Waals surface area (Å²) in [5.74, 6) is -0.236. The van der Waals surface area contributed by atoms with Gasteiger partial charge in [-0.3, -0.25) is 4.79 Å². The van der Waals surface area contributed by atoms with Crippen molar-refractivity contribution in [2.75, 3.05) is 10.6 Å². The van der Waals surface area contributed by atoms with Crippen LogP contribution in [0, 0.1) is 22.7 Å². The summed E-state index contributed by atoms with van der Waals surface area (Å²) < 4.78 is 0. The Morgan fingerprint density at radius 2 is 1.64 bits per heavy atom. The fourth-order valence-electron chi connectivity index (χ4n) is 1.72. The third kappa shape index (κ3) is 3.96. The molecule has 2 aromatic carbocycles. The van der Waals surface area contributed by atoms with Gasteiger partial charge in [-0.15, -0.1) is 0 Å². The van der Waals surface area contributed by atoms with E-state index in [4.69, 9.17) is 10.5 Å². The zero-order chi connectivity index (χ0) is 15.8. The van der Waals surface area contributed by atoms with E-state index in [1.807, 2.05) is 18.2 Å². The first-order chi connectivity index (χ1) is 10.7. The topological polar surface area (TPSA) is 88.7 Å². The summed E-state index contributed by atoms with van der Waals surface area (Å²) in [6, 6.07) is 19.4. The zero-order valence-electron chi connectivity index (χ0n) is 11.6. The van der Waals surface area contributed by atoms with Crippen LogP contribution in [0.2, 0.25) is 0 Å². The van der Waals surface area contributed by atoms with Crippen LogP contribution in [-0.2, 0) is 0 Å². The molecule has 0 spiro atoms. The number of amides is 1. The molecule has 0 atom stereocenters. The van der Waals surface area contributed by atoms with Crippen LogP contribution in [0.15, 0.2) is 66.4 Å². The Labute approximate surface area is 128 Å². The predicted octanol–water partition coefficient (Wildman–Crippen LogP) is 3.28. The third-order valence-corrected chi connectivity index (χ3v) is 2.78. The first-order valence-corrected chi connectivity index (χ1v) is 6.46. The number of carbonyl (C=O) groups is 1. The molecule has 0 aliphatic heterocycles. The molecule has 0 aliphatic rings. The minimum atomic E-state index is -0.236. The zero-order valence-corrected chi connectivity index (χ0v) is 11.6. The molecule has 2 N–H and O–H groups in total. The number of carbonyl (C=O) groups excluding carboxylic acids is 1. The number of nitrogens with one attached hydrogen (secondary N) is 2. The molecule has 106 valence electrons. The molecule has 0 heterocycles. The van der Waals surface area contributed by atoms with Crippen LogP contribution < -0.4 is 10.6 Å². The van der Waals surface area contributed by atoms with Crippen molar-refractivity contribution in [3.05, 3.63) is 71.9 Å². The van der Waals surface area contributed by atoms with Crippen molar-refractivity contribution < 1.29 is 4.79 Å². The summed E-state index contributed by atoms with van der Waals surface area (Å²) in [6.07, 6.45) is 1.30. The Hall–Kier alpha value is -3.57. The number of allylic oxidation sites excluding steroid dienone is 1. The van der Waals surface area contributed by atoms with Crippen molar-refractivity contribution in [2.45, 2.75) is 0 Å². The van der Waals surface area contributed by atoms with Crippen molar-refractivity contribution >= 4 is 17.3 Å². The lowest BCUT2D eigenvalue weighted by Crippen LogP contribution is -2.11. The van der Waals surface area contributed by atoms with E-state index in [2.05, 4.69) is 10.6 Å². The molecule has 0 radical (unpaired) electrons. The van der Waals surface area contributed by atoms with E-state index >= 15 is 0 Å². The van der Waals surface area contributed by atoms with Gasteiger partial charge in [0.2, 0.25) is 0 Å². The molecule has 2 aromatic rings. The van der Waals surface area contributed by atoms with E-state index < -0.39 is 0 Å². The Kier molecular flexibility index (Phi) is 4.90. The van der Waals surface area contributed by atoms with Crippen LogP contribution >= 0.6 is 0 Å². The average Bonchev–Trinajstić information content (AvgIpc) is 2.57. The molecular weight excluding hydrogens is 276 g/mol. The molecule has 5 heteroatoms. The van der Waals surface area contributed by atoms with Crippen LogP contribution in [0.3, 0.4) is 0 Å². The van der Waals surface area contributed by atoms with E-state index in [0.29, 0.717) is 16.9 Å². The minimum absolute atomic E-state index is 0.0425. The molecule has 5 nitrogen and oxygen atoms in total. The number of benzene rings is 2. The summed E-state index contributed by atoms with van der Waals surface area (Å²) in [5, 5.41) is 22.9. The second-order valence-electron chi connectivity index (χ2n) is 4.33. The maximum Gasteiger partial charge on any atom is 0.255 e. The van der Waals surface area contributed by atoms with Crippen molar-refractivity contribution in [2.24, 2.45) is 0 Å². The van der Waals surface area contributed by atoms with E-state index in [1.165, 1.54) is 6.20 Å².